The maximum absolute atomic E-state index is 13.4. The Hall–Kier alpha value is -0.450. The highest BCUT2D eigenvalue weighted by Gasteiger charge is 2.53. The van der Waals surface area contributed by atoms with Crippen LogP contribution in [0.15, 0.2) is 22.7 Å². The Labute approximate surface area is 134 Å². The van der Waals surface area contributed by atoms with Gasteiger partial charge in [-0.25, -0.2) is 4.39 Å². The average molecular weight is 356 g/mol. The molecule has 1 N–H and O–H groups in total. The quantitative estimate of drug-likeness (QED) is 0.751. The summed E-state index contributed by atoms with van der Waals surface area (Å²) in [6.07, 6.45) is 5.09. The molecule has 1 aromatic carbocycles. The maximum Gasteiger partial charge on any atom is 0.137 e. The van der Waals surface area contributed by atoms with Gasteiger partial charge >= 0.3 is 0 Å². The zero-order chi connectivity index (χ0) is 14.9. The van der Waals surface area contributed by atoms with Crippen molar-refractivity contribution < 1.29 is 9.13 Å². The Kier molecular flexibility index (Phi) is 4.67. The van der Waals surface area contributed by atoms with Crippen LogP contribution >= 0.6 is 15.9 Å². The van der Waals surface area contributed by atoms with Crippen LogP contribution in [0.4, 0.5) is 4.39 Å². The average Bonchev–Trinajstić information content (AvgIpc) is 3.07. The van der Waals surface area contributed by atoms with Crippen molar-refractivity contribution in [2.45, 2.75) is 25.7 Å². The smallest absolute Gasteiger partial charge is 0.137 e. The van der Waals surface area contributed by atoms with Gasteiger partial charge in [-0.3, -0.25) is 0 Å². The highest BCUT2D eigenvalue weighted by atomic mass is 79.9. The molecule has 2 saturated carbocycles. The molecule has 0 heterocycles. The molecule has 0 aromatic heterocycles. The topological polar surface area (TPSA) is 21.3 Å². The van der Waals surface area contributed by atoms with Crippen molar-refractivity contribution in [3.05, 3.63) is 34.1 Å². The fourth-order valence-corrected chi connectivity index (χ4v) is 4.39. The van der Waals surface area contributed by atoms with Crippen LogP contribution in [0.5, 0.6) is 0 Å². The highest BCUT2D eigenvalue weighted by Crippen LogP contribution is 2.60. The van der Waals surface area contributed by atoms with Gasteiger partial charge in [0.15, 0.2) is 0 Å². The van der Waals surface area contributed by atoms with Gasteiger partial charge in [-0.1, -0.05) is 6.07 Å². The van der Waals surface area contributed by atoms with Crippen molar-refractivity contribution in [2.75, 3.05) is 26.8 Å². The second kappa shape index (κ2) is 6.35. The van der Waals surface area contributed by atoms with E-state index >= 15 is 0 Å². The molecule has 116 valence electrons. The van der Waals surface area contributed by atoms with Gasteiger partial charge in [0.2, 0.25) is 0 Å². The zero-order valence-electron chi connectivity index (χ0n) is 12.5. The van der Waals surface area contributed by atoms with Crippen LogP contribution < -0.4 is 5.32 Å². The molecule has 0 saturated heterocycles. The molecule has 0 amide bonds. The highest BCUT2D eigenvalue weighted by molar-refractivity contribution is 9.10. The lowest BCUT2D eigenvalue weighted by Crippen LogP contribution is -2.36. The largest absolute Gasteiger partial charge is 0.383 e. The summed E-state index contributed by atoms with van der Waals surface area (Å²) >= 11 is 3.30. The molecule has 0 bridgehead atoms. The van der Waals surface area contributed by atoms with E-state index in [1.165, 1.54) is 24.8 Å². The van der Waals surface area contributed by atoms with Crippen molar-refractivity contribution >= 4 is 15.9 Å². The first kappa shape index (κ1) is 15.4. The molecule has 0 aliphatic heterocycles. The van der Waals surface area contributed by atoms with Crippen LogP contribution in [-0.2, 0) is 11.2 Å². The van der Waals surface area contributed by atoms with Crippen LogP contribution in [0.2, 0.25) is 0 Å². The third-order valence-corrected chi connectivity index (χ3v) is 5.61. The molecular formula is C17H23BrFNO. The number of hydrogen-bond acceptors (Lipinski definition) is 2. The predicted molar refractivity (Wildman–Crippen MR) is 85.8 cm³/mol. The van der Waals surface area contributed by atoms with Crippen LogP contribution in [0, 0.1) is 23.1 Å². The predicted octanol–water partition coefficient (Wildman–Crippen LogP) is 3.78. The molecule has 2 nitrogen and oxygen atoms in total. The molecule has 1 aromatic rings. The van der Waals surface area contributed by atoms with Crippen molar-refractivity contribution in [1.29, 1.82) is 0 Å². The molecule has 2 aliphatic carbocycles. The second-order valence-corrected chi connectivity index (χ2v) is 7.61. The number of methoxy groups -OCH3 is 1. The molecule has 2 aliphatic rings. The molecule has 2 fully saturated rings. The Bertz CT molecular complexity index is 498. The van der Waals surface area contributed by atoms with Gasteiger partial charge in [-0.2, -0.15) is 0 Å². The Balaban J connectivity index is 1.66. The fourth-order valence-electron chi connectivity index (χ4n) is 3.97. The van der Waals surface area contributed by atoms with Crippen molar-refractivity contribution in [3.63, 3.8) is 0 Å². The Morgan fingerprint density at radius 1 is 1.38 bits per heavy atom. The fraction of sp³-hybridized carbons (Fsp3) is 0.647. The summed E-state index contributed by atoms with van der Waals surface area (Å²) in [7, 11) is 1.73. The van der Waals surface area contributed by atoms with Crippen LogP contribution in [0.3, 0.4) is 0 Å². The van der Waals surface area contributed by atoms with Gasteiger partial charge in [0.05, 0.1) is 11.1 Å². The SMILES string of the molecule is COCCNCC1(Cc2ccc(F)c(Br)c2)CC2CC2C1. The lowest BCUT2D eigenvalue weighted by molar-refractivity contribution is 0.186. The van der Waals surface area contributed by atoms with Crippen LogP contribution in [0.1, 0.15) is 24.8 Å². The molecule has 2 unspecified atom stereocenters. The minimum Gasteiger partial charge on any atom is -0.383 e. The minimum atomic E-state index is -0.180. The number of ether oxygens (including phenoxy) is 1. The van der Waals surface area contributed by atoms with Crippen molar-refractivity contribution in [1.82, 2.24) is 5.32 Å². The lowest BCUT2D eigenvalue weighted by atomic mass is 9.77. The number of benzene rings is 1. The van der Waals surface area contributed by atoms with E-state index in [9.17, 15) is 4.39 Å². The Morgan fingerprint density at radius 2 is 2.14 bits per heavy atom. The van der Waals surface area contributed by atoms with Gasteiger partial charge in [0.25, 0.3) is 0 Å². The summed E-state index contributed by atoms with van der Waals surface area (Å²) in [6, 6.07) is 5.44. The molecule has 2 atom stereocenters. The van der Waals surface area contributed by atoms with E-state index in [-0.39, 0.29) is 5.82 Å². The molecule has 0 spiro atoms. The van der Waals surface area contributed by atoms with E-state index in [1.807, 2.05) is 12.1 Å². The van der Waals surface area contributed by atoms with Gasteiger partial charge in [-0.05, 0) is 76.6 Å². The lowest BCUT2D eigenvalue weighted by Gasteiger charge is -2.32. The van der Waals surface area contributed by atoms with Crippen molar-refractivity contribution in [2.24, 2.45) is 17.3 Å². The first-order valence-electron chi connectivity index (χ1n) is 7.75. The summed E-state index contributed by atoms with van der Waals surface area (Å²) in [4.78, 5) is 0. The Morgan fingerprint density at radius 3 is 2.81 bits per heavy atom. The van der Waals surface area contributed by atoms with E-state index in [0.717, 1.165) is 38.0 Å². The van der Waals surface area contributed by atoms with Gasteiger partial charge in [0, 0.05) is 20.2 Å². The standard InChI is InChI=1S/C17H23BrFNO/c1-21-5-4-20-11-17(9-13-7-14(13)10-17)8-12-2-3-16(19)15(18)6-12/h2-3,6,13-14,20H,4-5,7-11H2,1H3. The number of rotatable bonds is 7. The molecule has 21 heavy (non-hydrogen) atoms. The molecule has 0 radical (unpaired) electrons. The molecule has 4 heteroatoms. The number of nitrogens with one attached hydrogen (secondary N) is 1. The first-order chi connectivity index (χ1) is 10.1. The monoisotopic (exact) mass is 355 g/mol. The third kappa shape index (κ3) is 3.66. The summed E-state index contributed by atoms with van der Waals surface area (Å²) in [5, 5.41) is 3.55. The molecular weight excluding hydrogens is 333 g/mol. The van der Waals surface area contributed by atoms with Gasteiger partial charge < -0.3 is 10.1 Å². The summed E-state index contributed by atoms with van der Waals surface area (Å²) in [5.74, 6) is 1.71. The summed E-state index contributed by atoms with van der Waals surface area (Å²) < 4.78 is 19.1. The maximum atomic E-state index is 13.4. The van der Waals surface area contributed by atoms with Gasteiger partial charge in [-0.15, -0.1) is 0 Å². The minimum absolute atomic E-state index is 0.180. The third-order valence-electron chi connectivity index (χ3n) is 5.01. The summed E-state index contributed by atoms with van der Waals surface area (Å²) in [5.41, 5.74) is 1.58. The van der Waals surface area contributed by atoms with E-state index < -0.39 is 0 Å². The zero-order valence-corrected chi connectivity index (χ0v) is 14.1. The normalized spacial score (nSPS) is 30.4. The number of halogens is 2. The molecule has 3 rings (SSSR count). The van der Waals surface area contributed by atoms with Crippen molar-refractivity contribution in [3.8, 4) is 0 Å². The van der Waals surface area contributed by atoms with Crippen LogP contribution in [0.25, 0.3) is 0 Å². The van der Waals surface area contributed by atoms with E-state index in [2.05, 4.69) is 21.2 Å². The van der Waals surface area contributed by atoms with E-state index in [4.69, 9.17) is 4.74 Å². The number of fused-ring (bicyclic) bond motifs is 1. The summed E-state index contributed by atoms with van der Waals surface area (Å²) in [6.45, 7) is 2.70. The number of hydrogen-bond donors (Lipinski definition) is 1. The van der Waals surface area contributed by atoms with E-state index in [0.29, 0.717) is 9.89 Å². The second-order valence-electron chi connectivity index (χ2n) is 6.76. The van der Waals surface area contributed by atoms with Crippen LogP contribution in [-0.4, -0.2) is 26.8 Å². The van der Waals surface area contributed by atoms with Gasteiger partial charge in [0.1, 0.15) is 5.82 Å². The first-order valence-corrected chi connectivity index (χ1v) is 8.55. The van der Waals surface area contributed by atoms with E-state index in [1.54, 1.807) is 13.2 Å².